The van der Waals surface area contributed by atoms with Crippen LogP contribution in [0, 0.1) is 17.5 Å². The van der Waals surface area contributed by atoms with Crippen LogP contribution in [0.1, 0.15) is 19.3 Å². The van der Waals surface area contributed by atoms with E-state index in [1.54, 1.807) is 0 Å². The highest BCUT2D eigenvalue weighted by atomic mass is 19.1. The molecule has 0 radical (unpaired) electrons. The van der Waals surface area contributed by atoms with Gasteiger partial charge in [-0.05, 0) is 24.8 Å². The number of rotatable bonds is 4. The number of halogens is 3. The third-order valence-corrected chi connectivity index (χ3v) is 4.19. The van der Waals surface area contributed by atoms with Crippen LogP contribution in [0.15, 0.2) is 41.1 Å². The van der Waals surface area contributed by atoms with E-state index in [0.29, 0.717) is 25.2 Å². The van der Waals surface area contributed by atoms with E-state index in [4.69, 9.17) is 0 Å². The molecule has 2 heterocycles. The van der Waals surface area contributed by atoms with E-state index in [-0.39, 0.29) is 6.54 Å². The third-order valence-electron chi connectivity index (χ3n) is 4.19. The Morgan fingerprint density at radius 1 is 1.20 bits per heavy atom. The molecule has 2 aliphatic heterocycles. The zero-order chi connectivity index (χ0) is 17.8. The van der Waals surface area contributed by atoms with Crippen molar-refractivity contribution in [3.8, 4) is 0 Å². The van der Waals surface area contributed by atoms with E-state index >= 15 is 0 Å². The van der Waals surface area contributed by atoms with Crippen LogP contribution < -0.4 is 5.32 Å². The van der Waals surface area contributed by atoms with Gasteiger partial charge in [-0.3, -0.25) is 14.7 Å². The Labute approximate surface area is 143 Å². The van der Waals surface area contributed by atoms with Gasteiger partial charge in [0.2, 0.25) is 5.91 Å². The van der Waals surface area contributed by atoms with Gasteiger partial charge in [0.05, 0.1) is 6.54 Å². The number of benzene rings is 1. The molecule has 1 amide bonds. The lowest BCUT2D eigenvalue weighted by atomic mass is 9.98. The lowest BCUT2D eigenvalue weighted by Gasteiger charge is -2.26. The van der Waals surface area contributed by atoms with Crippen molar-refractivity contribution in [2.45, 2.75) is 19.3 Å². The van der Waals surface area contributed by atoms with Crippen LogP contribution in [-0.2, 0) is 4.79 Å². The van der Waals surface area contributed by atoms with Gasteiger partial charge in [0, 0.05) is 37.1 Å². The molecule has 0 saturated heterocycles. The minimum Gasteiger partial charge on any atom is -0.320 e. The molecule has 4 nitrogen and oxygen atoms in total. The summed E-state index contributed by atoms with van der Waals surface area (Å²) in [5.74, 6) is -3.83. The highest BCUT2D eigenvalue weighted by Gasteiger charge is 2.20. The summed E-state index contributed by atoms with van der Waals surface area (Å²) in [6.07, 6.45) is 8.55. The summed E-state index contributed by atoms with van der Waals surface area (Å²) >= 11 is 0. The van der Waals surface area contributed by atoms with E-state index in [0.717, 1.165) is 25.0 Å². The quantitative estimate of drug-likeness (QED) is 0.905. The van der Waals surface area contributed by atoms with Crippen LogP contribution in [0.5, 0.6) is 0 Å². The van der Waals surface area contributed by atoms with Gasteiger partial charge in [-0.1, -0.05) is 12.2 Å². The van der Waals surface area contributed by atoms with Gasteiger partial charge < -0.3 is 5.32 Å². The molecule has 0 atom stereocenters. The van der Waals surface area contributed by atoms with Gasteiger partial charge >= 0.3 is 0 Å². The Bertz CT molecular complexity index is 748. The minimum absolute atomic E-state index is 0.00636. The molecule has 0 aliphatic carbocycles. The molecule has 1 N–H and O–H groups in total. The van der Waals surface area contributed by atoms with Crippen molar-refractivity contribution in [1.29, 1.82) is 0 Å². The second-order valence-corrected chi connectivity index (χ2v) is 6.01. The van der Waals surface area contributed by atoms with Gasteiger partial charge in [0.15, 0.2) is 11.6 Å². The van der Waals surface area contributed by atoms with E-state index in [1.165, 1.54) is 5.57 Å². The fraction of sp³-hybridized carbons (Fsp3) is 0.333. The van der Waals surface area contributed by atoms with Gasteiger partial charge in [-0.25, -0.2) is 13.2 Å². The number of nitrogens with zero attached hydrogens (tertiary/aromatic N) is 2. The first kappa shape index (κ1) is 17.4. The minimum atomic E-state index is -1.13. The smallest absolute Gasteiger partial charge is 0.238 e. The van der Waals surface area contributed by atoms with E-state index in [2.05, 4.69) is 10.3 Å². The summed E-state index contributed by atoms with van der Waals surface area (Å²) in [6.45, 7) is 1.24. The Morgan fingerprint density at radius 3 is 2.56 bits per heavy atom. The fourth-order valence-corrected chi connectivity index (χ4v) is 2.91. The molecule has 0 spiro atoms. The number of carbonyl (C=O) groups excluding carboxylic acids is 1. The molecule has 0 fully saturated rings. The summed E-state index contributed by atoms with van der Waals surface area (Å²) in [4.78, 5) is 18.3. The normalized spacial score (nSPS) is 17.9. The molecule has 1 aromatic carbocycles. The molecule has 25 heavy (non-hydrogen) atoms. The Hall–Kier alpha value is -2.41. The van der Waals surface area contributed by atoms with Crippen molar-refractivity contribution in [3.05, 3.63) is 53.5 Å². The monoisotopic (exact) mass is 349 g/mol. The maximum Gasteiger partial charge on any atom is 0.238 e. The lowest BCUT2D eigenvalue weighted by Crippen LogP contribution is -2.37. The number of aliphatic imine (C=N–C) groups is 1. The molecule has 0 saturated carbocycles. The highest BCUT2D eigenvalue weighted by molar-refractivity contribution is 6.01. The van der Waals surface area contributed by atoms with E-state index in [9.17, 15) is 18.0 Å². The van der Waals surface area contributed by atoms with Crippen molar-refractivity contribution in [2.24, 2.45) is 4.99 Å². The van der Waals surface area contributed by atoms with Crippen molar-refractivity contribution < 1.29 is 18.0 Å². The summed E-state index contributed by atoms with van der Waals surface area (Å²) in [7, 11) is 0. The average molecular weight is 349 g/mol. The SMILES string of the molecule is O=C(CN1CC=C(C2=NC=CCC2)CC1)Nc1c(F)cc(F)cc1F. The second kappa shape index (κ2) is 7.65. The number of hydrogen-bond acceptors (Lipinski definition) is 3. The number of anilines is 1. The summed E-state index contributed by atoms with van der Waals surface area (Å²) in [5.41, 5.74) is 1.65. The molecular formula is C18H18F3N3O. The third kappa shape index (κ3) is 4.36. The Morgan fingerprint density at radius 2 is 1.96 bits per heavy atom. The molecule has 0 bridgehead atoms. The first-order valence-corrected chi connectivity index (χ1v) is 8.11. The molecular weight excluding hydrogens is 331 g/mol. The number of hydrogen-bond donors (Lipinski definition) is 1. The summed E-state index contributed by atoms with van der Waals surface area (Å²) in [5, 5.41) is 2.18. The van der Waals surface area contributed by atoms with Crippen LogP contribution in [0.4, 0.5) is 18.9 Å². The van der Waals surface area contributed by atoms with Crippen LogP contribution >= 0.6 is 0 Å². The summed E-state index contributed by atoms with van der Waals surface area (Å²) in [6, 6.07) is 1.07. The molecule has 0 aromatic heterocycles. The van der Waals surface area contributed by atoms with E-state index < -0.39 is 29.0 Å². The standard InChI is InChI=1S/C18H18F3N3O/c19-13-9-14(20)18(15(21)10-13)23-17(25)11-24-7-4-12(5-8-24)16-3-1-2-6-22-16/h2,4,6,9-10H,1,3,5,7-8,11H2,(H,23,25). The van der Waals surface area contributed by atoms with Gasteiger partial charge in [0.1, 0.15) is 11.5 Å². The largest absolute Gasteiger partial charge is 0.320 e. The predicted octanol–water partition coefficient (Wildman–Crippen LogP) is 3.42. The molecule has 1 aromatic rings. The van der Waals surface area contributed by atoms with Crippen LogP contribution in [0.25, 0.3) is 0 Å². The van der Waals surface area contributed by atoms with Crippen molar-refractivity contribution in [2.75, 3.05) is 25.0 Å². The van der Waals surface area contributed by atoms with Crippen molar-refractivity contribution in [1.82, 2.24) is 4.90 Å². The van der Waals surface area contributed by atoms with Crippen molar-refractivity contribution >= 4 is 17.3 Å². The maximum absolute atomic E-state index is 13.6. The zero-order valence-electron chi connectivity index (χ0n) is 13.6. The Kier molecular flexibility index (Phi) is 5.33. The molecule has 132 valence electrons. The van der Waals surface area contributed by atoms with Gasteiger partial charge in [-0.15, -0.1) is 0 Å². The van der Waals surface area contributed by atoms with Crippen LogP contribution in [-0.4, -0.2) is 36.2 Å². The second-order valence-electron chi connectivity index (χ2n) is 6.01. The molecule has 2 aliphatic rings. The summed E-state index contributed by atoms with van der Waals surface area (Å²) < 4.78 is 40.0. The Balaban J connectivity index is 1.57. The van der Waals surface area contributed by atoms with Gasteiger partial charge in [0.25, 0.3) is 0 Å². The zero-order valence-corrected chi connectivity index (χ0v) is 13.6. The molecule has 7 heteroatoms. The number of allylic oxidation sites excluding steroid dienone is 1. The molecule has 3 rings (SSSR count). The fourth-order valence-electron chi connectivity index (χ4n) is 2.91. The van der Waals surface area contributed by atoms with Crippen LogP contribution in [0.2, 0.25) is 0 Å². The number of nitrogens with one attached hydrogen (secondary N) is 1. The average Bonchev–Trinajstić information content (AvgIpc) is 2.59. The number of carbonyl (C=O) groups is 1. The maximum atomic E-state index is 13.6. The molecule has 0 unspecified atom stereocenters. The van der Waals surface area contributed by atoms with Crippen molar-refractivity contribution in [3.63, 3.8) is 0 Å². The highest BCUT2D eigenvalue weighted by Crippen LogP contribution is 2.21. The first-order chi connectivity index (χ1) is 12.0. The first-order valence-electron chi connectivity index (χ1n) is 8.11. The lowest BCUT2D eigenvalue weighted by molar-refractivity contribution is -0.117. The van der Waals surface area contributed by atoms with E-state index in [1.807, 2.05) is 23.3 Å². The predicted molar refractivity (Wildman–Crippen MR) is 89.9 cm³/mol. The number of amides is 1. The van der Waals surface area contributed by atoms with Gasteiger partial charge in [-0.2, -0.15) is 0 Å². The topological polar surface area (TPSA) is 44.7 Å². The van der Waals surface area contributed by atoms with Crippen LogP contribution in [0.3, 0.4) is 0 Å².